The third kappa shape index (κ3) is 12.5. The van der Waals surface area contributed by atoms with Crippen LogP contribution >= 0.6 is 0 Å². The lowest BCUT2D eigenvalue weighted by molar-refractivity contribution is -0.125. The molecule has 0 radical (unpaired) electrons. The predicted octanol–water partition coefficient (Wildman–Crippen LogP) is 7.16. The first-order chi connectivity index (χ1) is 12.2. The minimum absolute atomic E-state index is 0.199. The molecule has 1 fully saturated rings. The average Bonchev–Trinajstić information content (AvgIpc) is 2.63. The van der Waals surface area contributed by atoms with Gasteiger partial charge in [0, 0.05) is 12.0 Å². The van der Waals surface area contributed by atoms with Crippen molar-refractivity contribution in [2.75, 3.05) is 0 Å². The molecule has 1 unspecified atom stereocenters. The van der Waals surface area contributed by atoms with Crippen LogP contribution in [0.2, 0.25) is 0 Å². The summed E-state index contributed by atoms with van der Waals surface area (Å²) in [5.74, 6) is 0.500. The van der Waals surface area contributed by atoms with Crippen LogP contribution in [0.15, 0.2) is 0 Å². The van der Waals surface area contributed by atoms with Crippen LogP contribution in [-0.4, -0.2) is 11.9 Å². The highest BCUT2D eigenvalue weighted by atomic mass is 16.1. The maximum Gasteiger partial charge on any atom is 0.223 e. The summed E-state index contributed by atoms with van der Waals surface area (Å²) in [6.45, 7) is 4.39. The fourth-order valence-corrected chi connectivity index (χ4v) is 4.01. The molecule has 0 bridgehead atoms. The molecule has 0 aromatic rings. The number of amides is 1. The van der Waals surface area contributed by atoms with Gasteiger partial charge in [-0.1, -0.05) is 110 Å². The van der Waals surface area contributed by atoms with Gasteiger partial charge in [-0.05, 0) is 19.3 Å². The van der Waals surface area contributed by atoms with E-state index in [0.717, 1.165) is 6.42 Å². The summed E-state index contributed by atoms with van der Waals surface area (Å²) >= 11 is 0. The van der Waals surface area contributed by atoms with Crippen molar-refractivity contribution in [1.29, 1.82) is 0 Å². The van der Waals surface area contributed by atoms with E-state index in [1.807, 2.05) is 0 Å². The van der Waals surface area contributed by atoms with Crippen molar-refractivity contribution >= 4 is 5.91 Å². The Morgan fingerprint density at radius 1 is 0.800 bits per heavy atom. The van der Waals surface area contributed by atoms with Crippen molar-refractivity contribution in [3.05, 3.63) is 0 Å². The van der Waals surface area contributed by atoms with E-state index in [4.69, 9.17) is 0 Å². The highest BCUT2D eigenvalue weighted by Crippen LogP contribution is 2.19. The minimum atomic E-state index is 0.199. The molecule has 1 atom stereocenters. The van der Waals surface area contributed by atoms with Crippen LogP contribution in [0.3, 0.4) is 0 Å². The number of hydrogen-bond donors (Lipinski definition) is 1. The van der Waals surface area contributed by atoms with Gasteiger partial charge in [0.15, 0.2) is 0 Å². The summed E-state index contributed by atoms with van der Waals surface area (Å²) in [5.41, 5.74) is 0. The van der Waals surface area contributed by atoms with E-state index in [1.54, 1.807) is 0 Å². The van der Waals surface area contributed by atoms with Crippen LogP contribution in [0.25, 0.3) is 0 Å². The number of hydrogen-bond acceptors (Lipinski definition) is 1. The molecule has 0 aromatic carbocycles. The third-order valence-corrected chi connectivity index (χ3v) is 5.89. The van der Waals surface area contributed by atoms with E-state index in [1.165, 1.54) is 109 Å². The lowest BCUT2D eigenvalue weighted by Gasteiger charge is -2.24. The molecule has 0 aliphatic heterocycles. The predicted molar refractivity (Wildman–Crippen MR) is 110 cm³/mol. The van der Waals surface area contributed by atoms with Crippen LogP contribution in [0.1, 0.15) is 129 Å². The van der Waals surface area contributed by atoms with Crippen molar-refractivity contribution in [2.24, 2.45) is 5.92 Å². The molecule has 1 saturated carbocycles. The summed E-state index contributed by atoms with van der Waals surface area (Å²) in [5, 5.41) is 3.27. The first-order valence-electron chi connectivity index (χ1n) is 11.5. The van der Waals surface area contributed by atoms with E-state index in [9.17, 15) is 4.79 Å². The molecule has 25 heavy (non-hydrogen) atoms. The summed E-state index contributed by atoms with van der Waals surface area (Å²) in [6, 6.07) is 0.464. The molecular formula is C23H45NO. The largest absolute Gasteiger partial charge is 0.353 e. The van der Waals surface area contributed by atoms with Gasteiger partial charge in [0.2, 0.25) is 5.91 Å². The normalized spacial score (nSPS) is 16.7. The Balaban J connectivity index is 1.85. The van der Waals surface area contributed by atoms with Crippen LogP contribution in [0.4, 0.5) is 0 Å². The Kier molecular flexibility index (Phi) is 14.1. The quantitative estimate of drug-likeness (QED) is 0.311. The lowest BCUT2D eigenvalue weighted by Crippen LogP contribution is -2.39. The van der Waals surface area contributed by atoms with E-state index in [-0.39, 0.29) is 5.92 Å². The Bertz CT molecular complexity index is 309. The van der Waals surface area contributed by atoms with Gasteiger partial charge < -0.3 is 5.32 Å². The molecule has 1 aliphatic carbocycles. The molecule has 0 spiro atoms. The maximum atomic E-state index is 12.2. The van der Waals surface area contributed by atoms with Gasteiger partial charge in [-0.15, -0.1) is 0 Å². The third-order valence-electron chi connectivity index (χ3n) is 5.89. The summed E-state index contributed by atoms with van der Waals surface area (Å²) < 4.78 is 0. The summed E-state index contributed by atoms with van der Waals surface area (Å²) in [6.07, 6.45) is 24.0. The van der Waals surface area contributed by atoms with Crippen LogP contribution in [-0.2, 0) is 4.79 Å². The average molecular weight is 352 g/mol. The highest BCUT2D eigenvalue weighted by Gasteiger charge is 2.19. The second-order valence-electron chi connectivity index (χ2n) is 8.42. The lowest BCUT2D eigenvalue weighted by atomic mass is 9.94. The fraction of sp³-hybridized carbons (Fsp3) is 0.957. The minimum Gasteiger partial charge on any atom is -0.353 e. The van der Waals surface area contributed by atoms with Gasteiger partial charge in [-0.25, -0.2) is 0 Å². The Morgan fingerprint density at radius 2 is 1.28 bits per heavy atom. The smallest absolute Gasteiger partial charge is 0.223 e. The van der Waals surface area contributed by atoms with Crippen molar-refractivity contribution < 1.29 is 4.79 Å². The standard InChI is InChI=1S/C23H45NO/c1-3-4-5-6-7-8-9-10-11-12-13-15-18-21(2)23(25)24-22-19-16-14-17-20-22/h21-22H,3-20H2,1-2H3,(H,24,25). The molecule has 1 rings (SSSR count). The Hall–Kier alpha value is -0.530. The van der Waals surface area contributed by atoms with Gasteiger partial charge in [0.25, 0.3) is 0 Å². The molecule has 2 nitrogen and oxygen atoms in total. The van der Waals surface area contributed by atoms with Gasteiger partial charge in [0.1, 0.15) is 0 Å². The zero-order valence-electron chi connectivity index (χ0n) is 17.3. The molecule has 0 aromatic heterocycles. The second kappa shape index (κ2) is 15.7. The van der Waals surface area contributed by atoms with E-state index in [2.05, 4.69) is 19.2 Å². The van der Waals surface area contributed by atoms with E-state index < -0.39 is 0 Å². The number of nitrogens with one attached hydrogen (secondary N) is 1. The highest BCUT2D eigenvalue weighted by molar-refractivity contribution is 5.78. The molecule has 1 amide bonds. The first-order valence-corrected chi connectivity index (χ1v) is 11.5. The second-order valence-corrected chi connectivity index (χ2v) is 8.42. The number of rotatable bonds is 15. The molecule has 1 aliphatic rings. The number of unbranched alkanes of at least 4 members (excludes halogenated alkanes) is 11. The van der Waals surface area contributed by atoms with Gasteiger partial charge in [-0.3, -0.25) is 4.79 Å². The van der Waals surface area contributed by atoms with Crippen molar-refractivity contribution in [3.8, 4) is 0 Å². The van der Waals surface area contributed by atoms with E-state index in [0.29, 0.717) is 11.9 Å². The van der Waals surface area contributed by atoms with Crippen LogP contribution < -0.4 is 5.32 Å². The first kappa shape index (κ1) is 22.5. The van der Waals surface area contributed by atoms with Crippen LogP contribution in [0, 0.1) is 5.92 Å². The monoisotopic (exact) mass is 351 g/mol. The summed E-state index contributed by atoms with van der Waals surface area (Å²) in [7, 11) is 0. The summed E-state index contributed by atoms with van der Waals surface area (Å²) in [4.78, 5) is 12.2. The zero-order chi connectivity index (χ0) is 18.2. The molecule has 0 heterocycles. The van der Waals surface area contributed by atoms with Gasteiger partial charge in [0.05, 0.1) is 0 Å². The van der Waals surface area contributed by atoms with Crippen molar-refractivity contribution in [2.45, 2.75) is 135 Å². The van der Waals surface area contributed by atoms with Crippen molar-refractivity contribution in [3.63, 3.8) is 0 Å². The molecule has 148 valence electrons. The van der Waals surface area contributed by atoms with Crippen molar-refractivity contribution in [1.82, 2.24) is 5.32 Å². The van der Waals surface area contributed by atoms with E-state index >= 15 is 0 Å². The van der Waals surface area contributed by atoms with Gasteiger partial charge in [-0.2, -0.15) is 0 Å². The zero-order valence-corrected chi connectivity index (χ0v) is 17.3. The van der Waals surface area contributed by atoms with Gasteiger partial charge >= 0.3 is 0 Å². The molecule has 2 heteroatoms. The Morgan fingerprint density at radius 3 is 1.80 bits per heavy atom. The van der Waals surface area contributed by atoms with Crippen LogP contribution in [0.5, 0.6) is 0 Å². The Labute approximate surface area is 157 Å². The number of carbonyl (C=O) groups excluding carboxylic acids is 1. The maximum absolute atomic E-state index is 12.2. The molecule has 1 N–H and O–H groups in total. The molecule has 0 saturated heterocycles. The SMILES string of the molecule is CCCCCCCCCCCCCCC(C)C(=O)NC1CCCCC1. The topological polar surface area (TPSA) is 29.1 Å². The molecular weight excluding hydrogens is 306 g/mol. The fourth-order valence-electron chi connectivity index (χ4n) is 4.01. The number of carbonyl (C=O) groups is 1.